The lowest BCUT2D eigenvalue weighted by molar-refractivity contribution is -0.659. The molecule has 0 bridgehead atoms. The van der Waals surface area contributed by atoms with Gasteiger partial charge in [0, 0.05) is 21.2 Å². The third-order valence-electron chi connectivity index (χ3n) is 6.85. The lowest BCUT2D eigenvalue weighted by Gasteiger charge is -2.28. The van der Waals surface area contributed by atoms with Crippen LogP contribution in [0.2, 0.25) is 0 Å². The molecule has 5 aromatic rings. The molecule has 33 heavy (non-hydrogen) atoms. The van der Waals surface area contributed by atoms with Crippen LogP contribution in [0.5, 0.6) is 0 Å². The third-order valence-corrected chi connectivity index (χ3v) is 8.05. The number of nitrogens with zero attached hydrogens (tertiary/aromatic N) is 1. The molecule has 164 valence electrons. The van der Waals surface area contributed by atoms with Gasteiger partial charge in [-0.3, -0.25) is 0 Å². The molecule has 1 aromatic heterocycles. The fourth-order valence-electron chi connectivity index (χ4n) is 5.48. The average molecular weight is 453 g/mol. The van der Waals surface area contributed by atoms with Gasteiger partial charge in [0.1, 0.15) is 12.9 Å². The van der Waals surface area contributed by atoms with Crippen LogP contribution in [0.15, 0.2) is 70.6 Å². The fraction of sp³-hybridized carbons (Fsp3) is 0.233. The maximum absolute atomic E-state index is 14.1. The van der Waals surface area contributed by atoms with E-state index in [1.54, 1.807) is 12.1 Å². The number of benzene rings is 4. The Morgan fingerprint density at radius 2 is 1.67 bits per heavy atom. The van der Waals surface area contributed by atoms with Crippen molar-refractivity contribution in [2.24, 2.45) is 12.5 Å². The molecule has 0 amide bonds. The summed E-state index contributed by atoms with van der Waals surface area (Å²) in [5.74, 6) is -0.188. The first-order valence-electron chi connectivity index (χ1n) is 11.5. The molecule has 0 saturated carbocycles. The lowest BCUT2D eigenvalue weighted by atomic mass is 9.83. The molecule has 2 heterocycles. The van der Waals surface area contributed by atoms with Crippen LogP contribution in [0, 0.1) is 18.2 Å². The molecule has 0 radical (unpaired) electrons. The van der Waals surface area contributed by atoms with Crippen molar-refractivity contribution in [3.63, 3.8) is 0 Å². The molecule has 1 aliphatic heterocycles. The highest BCUT2D eigenvalue weighted by Gasteiger charge is 2.33. The van der Waals surface area contributed by atoms with Crippen molar-refractivity contribution in [2.75, 3.05) is 0 Å². The molecule has 1 nitrogen and oxygen atoms in total. The standard InChI is InChI=1S/C30H27FNS/c1-17-20-8-6-7-9-22(20)24(16-30(2,3)4)29-26(17)28-27-23(12-13-32(28)5)21-11-10-19(31)14-18(21)15-25(27)33-29/h6-15H,16H2,1-5H3/q+1. The molecule has 1 aliphatic rings. The monoisotopic (exact) mass is 452 g/mol. The van der Waals surface area contributed by atoms with Gasteiger partial charge in [0.15, 0.2) is 6.20 Å². The number of hydrogen-bond donors (Lipinski definition) is 0. The molecule has 4 aromatic carbocycles. The van der Waals surface area contributed by atoms with Gasteiger partial charge in [0.2, 0.25) is 5.69 Å². The predicted molar refractivity (Wildman–Crippen MR) is 138 cm³/mol. The van der Waals surface area contributed by atoms with E-state index < -0.39 is 0 Å². The summed E-state index contributed by atoms with van der Waals surface area (Å²) in [6, 6.07) is 18.4. The number of fused-ring (bicyclic) bond motifs is 5. The minimum atomic E-state index is -0.188. The highest BCUT2D eigenvalue weighted by molar-refractivity contribution is 8.00. The van der Waals surface area contributed by atoms with Crippen LogP contribution >= 0.6 is 11.8 Å². The third kappa shape index (κ3) is 3.09. The summed E-state index contributed by atoms with van der Waals surface area (Å²) < 4.78 is 16.4. The molecule has 0 N–H and O–H groups in total. The van der Waals surface area contributed by atoms with E-state index in [1.165, 1.54) is 53.7 Å². The minimum Gasteiger partial charge on any atom is -0.207 e. The second-order valence-electron chi connectivity index (χ2n) is 10.5. The maximum Gasteiger partial charge on any atom is 0.222 e. The molecule has 0 unspecified atom stereocenters. The molecule has 0 fully saturated rings. The number of aromatic nitrogens is 1. The zero-order valence-corrected chi connectivity index (χ0v) is 20.5. The van der Waals surface area contributed by atoms with Crippen molar-refractivity contribution in [3.8, 4) is 11.3 Å². The van der Waals surface area contributed by atoms with E-state index in [0.29, 0.717) is 0 Å². The molecular weight excluding hydrogens is 425 g/mol. The van der Waals surface area contributed by atoms with Crippen molar-refractivity contribution < 1.29 is 8.96 Å². The van der Waals surface area contributed by atoms with Gasteiger partial charge >= 0.3 is 0 Å². The first-order chi connectivity index (χ1) is 15.7. The van der Waals surface area contributed by atoms with Crippen molar-refractivity contribution >= 4 is 44.1 Å². The molecule has 0 spiro atoms. The summed E-state index contributed by atoms with van der Waals surface area (Å²) in [4.78, 5) is 2.57. The molecular formula is C30H27FNS+. The zero-order valence-electron chi connectivity index (χ0n) is 19.7. The van der Waals surface area contributed by atoms with Gasteiger partial charge in [0.25, 0.3) is 0 Å². The Hall–Kier alpha value is -2.91. The first-order valence-corrected chi connectivity index (χ1v) is 12.3. The van der Waals surface area contributed by atoms with E-state index in [-0.39, 0.29) is 11.2 Å². The van der Waals surface area contributed by atoms with Gasteiger partial charge in [-0.2, -0.15) is 0 Å². The smallest absolute Gasteiger partial charge is 0.207 e. The number of hydrogen-bond acceptors (Lipinski definition) is 1. The van der Waals surface area contributed by atoms with E-state index in [4.69, 9.17) is 0 Å². The summed E-state index contributed by atoms with van der Waals surface area (Å²) in [6.07, 6.45) is 3.16. The van der Waals surface area contributed by atoms with E-state index in [2.05, 4.69) is 81.9 Å². The Labute approximate surface area is 198 Å². The molecule has 6 rings (SSSR count). The van der Waals surface area contributed by atoms with Gasteiger partial charge in [-0.05, 0) is 69.6 Å². The van der Waals surface area contributed by atoms with Crippen LogP contribution in [0.4, 0.5) is 4.39 Å². The largest absolute Gasteiger partial charge is 0.222 e. The van der Waals surface area contributed by atoms with Crippen molar-refractivity contribution in [1.29, 1.82) is 0 Å². The number of aryl methyl sites for hydroxylation is 2. The van der Waals surface area contributed by atoms with Crippen LogP contribution in [-0.2, 0) is 13.5 Å². The summed E-state index contributed by atoms with van der Waals surface area (Å²) in [5, 5.41) is 7.22. The van der Waals surface area contributed by atoms with Gasteiger partial charge in [-0.1, -0.05) is 62.9 Å². The van der Waals surface area contributed by atoms with Gasteiger partial charge in [-0.25, -0.2) is 8.96 Å². The van der Waals surface area contributed by atoms with Crippen LogP contribution in [-0.4, -0.2) is 0 Å². The lowest BCUT2D eigenvalue weighted by Crippen LogP contribution is -2.32. The van der Waals surface area contributed by atoms with E-state index in [1.807, 2.05) is 17.8 Å². The second-order valence-corrected chi connectivity index (χ2v) is 11.5. The van der Waals surface area contributed by atoms with Crippen LogP contribution in [0.25, 0.3) is 43.6 Å². The Kier molecular flexibility index (Phi) is 4.41. The Morgan fingerprint density at radius 1 is 0.909 bits per heavy atom. The van der Waals surface area contributed by atoms with E-state index in [0.717, 1.165) is 17.2 Å². The van der Waals surface area contributed by atoms with Crippen molar-refractivity contribution in [3.05, 3.63) is 77.7 Å². The Morgan fingerprint density at radius 3 is 2.42 bits per heavy atom. The van der Waals surface area contributed by atoms with Crippen molar-refractivity contribution in [2.45, 2.75) is 43.9 Å². The van der Waals surface area contributed by atoms with Crippen LogP contribution in [0.1, 0.15) is 31.9 Å². The van der Waals surface area contributed by atoms with Crippen LogP contribution < -0.4 is 4.57 Å². The molecule has 3 heteroatoms. The average Bonchev–Trinajstić information content (AvgIpc) is 2.77. The molecule has 0 atom stereocenters. The summed E-state index contributed by atoms with van der Waals surface area (Å²) in [7, 11) is 2.14. The molecule has 0 saturated heterocycles. The van der Waals surface area contributed by atoms with Crippen LogP contribution in [0.3, 0.4) is 0 Å². The molecule has 0 aliphatic carbocycles. The topological polar surface area (TPSA) is 3.88 Å². The van der Waals surface area contributed by atoms with E-state index in [9.17, 15) is 4.39 Å². The highest BCUT2D eigenvalue weighted by atomic mass is 32.2. The zero-order chi connectivity index (χ0) is 23.1. The van der Waals surface area contributed by atoms with Gasteiger partial charge < -0.3 is 0 Å². The summed E-state index contributed by atoms with van der Waals surface area (Å²) in [6.45, 7) is 9.20. The minimum absolute atomic E-state index is 0.160. The maximum atomic E-state index is 14.1. The SMILES string of the molecule is Cc1c2c(c(CC(C)(C)C)c3ccccc13)Sc1cc3cc(F)ccc3c3cc[n+](C)c-2c13. The summed E-state index contributed by atoms with van der Waals surface area (Å²) >= 11 is 1.86. The summed E-state index contributed by atoms with van der Waals surface area (Å²) in [5.41, 5.74) is 5.53. The quantitative estimate of drug-likeness (QED) is 0.180. The Bertz CT molecular complexity index is 1630. The predicted octanol–water partition coefficient (Wildman–Crippen LogP) is 8.14. The van der Waals surface area contributed by atoms with Gasteiger partial charge in [-0.15, -0.1) is 0 Å². The number of halogens is 1. The number of pyridine rings is 1. The Balaban J connectivity index is 1.82. The van der Waals surface area contributed by atoms with Crippen molar-refractivity contribution in [1.82, 2.24) is 0 Å². The highest BCUT2D eigenvalue weighted by Crippen LogP contribution is 2.53. The second kappa shape index (κ2) is 7.04. The number of rotatable bonds is 1. The fourth-order valence-corrected chi connectivity index (χ4v) is 6.85. The normalized spacial score (nSPS) is 13.2. The van der Waals surface area contributed by atoms with E-state index >= 15 is 0 Å². The van der Waals surface area contributed by atoms with Gasteiger partial charge in [0.05, 0.1) is 10.9 Å². The first kappa shape index (κ1) is 20.7.